The summed E-state index contributed by atoms with van der Waals surface area (Å²) in [5.74, 6) is -0.467. The highest BCUT2D eigenvalue weighted by atomic mass is 35.5. The molecule has 2 aromatic rings. The molecule has 1 aromatic heterocycles. The molecule has 0 saturated carbocycles. The van der Waals surface area contributed by atoms with Crippen molar-refractivity contribution in [1.82, 2.24) is 9.78 Å². The Bertz CT molecular complexity index is 1100. The first-order valence-corrected chi connectivity index (χ1v) is 11.3. The number of nitriles is 1. The molecular formula is C12H9Cl2F5N4O3S2. The lowest BCUT2D eigenvalue weighted by Gasteiger charge is -2.40. The number of benzene rings is 1. The number of aromatic nitrogens is 2. The number of methoxy groups -OCH3 is 1. The lowest BCUT2D eigenvalue weighted by atomic mass is 10.3. The minimum atomic E-state index is -10.1. The van der Waals surface area contributed by atoms with E-state index in [1.165, 1.54) is 0 Å². The van der Waals surface area contributed by atoms with Gasteiger partial charge in [0, 0.05) is 0 Å². The first kappa shape index (κ1) is 22.3. The summed E-state index contributed by atoms with van der Waals surface area (Å²) in [6, 6.07) is 1.44. The molecule has 0 amide bonds. The minimum Gasteiger partial charge on any atom is -0.479 e. The number of nitrogens with zero attached hydrogens (tertiary/aromatic N) is 3. The zero-order valence-electron chi connectivity index (χ0n) is 13.7. The summed E-state index contributed by atoms with van der Waals surface area (Å²) in [4.78, 5) is -2.33. The van der Waals surface area contributed by atoms with Crippen LogP contribution in [-0.2, 0) is 10.0 Å². The van der Waals surface area contributed by atoms with Gasteiger partial charge in [-0.05, 0) is 12.1 Å². The smallest absolute Gasteiger partial charge is 0.310 e. The molecule has 2 rings (SSSR count). The van der Waals surface area contributed by atoms with Gasteiger partial charge in [-0.25, -0.2) is 8.42 Å². The molecule has 0 unspecified atom stereocenters. The van der Waals surface area contributed by atoms with Gasteiger partial charge in [0.15, 0.2) is 5.69 Å². The van der Waals surface area contributed by atoms with E-state index in [1.54, 1.807) is 6.07 Å². The molecule has 0 spiro atoms. The second kappa shape index (κ2) is 6.02. The molecule has 0 atom stereocenters. The monoisotopic (exact) mass is 486 g/mol. The molecule has 28 heavy (non-hydrogen) atoms. The zero-order chi connectivity index (χ0) is 21.8. The zero-order valence-corrected chi connectivity index (χ0v) is 16.8. The van der Waals surface area contributed by atoms with Gasteiger partial charge in [0.2, 0.25) is 15.9 Å². The number of hydrogen-bond acceptors (Lipinski definition) is 5. The van der Waals surface area contributed by atoms with Crippen LogP contribution in [0.3, 0.4) is 0 Å². The third kappa shape index (κ3) is 4.54. The molecule has 0 aliphatic rings. The van der Waals surface area contributed by atoms with Gasteiger partial charge in [-0.1, -0.05) is 42.6 Å². The van der Waals surface area contributed by atoms with Crippen LogP contribution in [0.1, 0.15) is 5.69 Å². The number of halogens is 7. The first-order chi connectivity index (χ1) is 12.4. The number of hydrogen-bond donors (Lipinski definition) is 1. The normalized spacial score (nSPS) is 14.7. The van der Waals surface area contributed by atoms with Crippen molar-refractivity contribution >= 4 is 49.1 Å². The van der Waals surface area contributed by atoms with Crippen molar-refractivity contribution in [1.29, 1.82) is 5.26 Å². The summed E-state index contributed by atoms with van der Waals surface area (Å²) < 4.78 is 95.5. The third-order valence-corrected chi connectivity index (χ3v) is 5.36. The highest BCUT2D eigenvalue weighted by Gasteiger charge is 2.65. The molecule has 0 aliphatic heterocycles. The van der Waals surface area contributed by atoms with Gasteiger partial charge in [0.25, 0.3) is 0 Å². The second-order valence-electron chi connectivity index (χ2n) is 5.34. The summed E-state index contributed by atoms with van der Waals surface area (Å²) in [6.07, 6.45) is 0.758. The summed E-state index contributed by atoms with van der Waals surface area (Å²) in [6.45, 7) is 0. The molecular weight excluding hydrogens is 478 g/mol. The molecule has 1 heterocycles. The van der Waals surface area contributed by atoms with E-state index in [2.05, 4.69) is 5.10 Å². The fraction of sp³-hybridized carbons (Fsp3) is 0.167. The maximum Gasteiger partial charge on any atom is 0.310 e. The van der Waals surface area contributed by atoms with Crippen LogP contribution in [0.15, 0.2) is 17.0 Å². The summed E-state index contributed by atoms with van der Waals surface area (Å²) in [5.41, 5.74) is -1.52. The van der Waals surface area contributed by atoms with E-state index in [1.807, 2.05) is 4.72 Å². The molecule has 1 N–H and O–H groups in total. The Morgan fingerprint density at radius 1 is 1.21 bits per heavy atom. The van der Waals surface area contributed by atoms with Crippen LogP contribution < -0.4 is 9.46 Å². The quantitative estimate of drug-likeness (QED) is 0.593. The van der Waals surface area contributed by atoms with Crippen molar-refractivity contribution in [3.8, 4) is 17.6 Å². The van der Waals surface area contributed by atoms with Gasteiger partial charge >= 0.3 is 10.2 Å². The maximum absolute atomic E-state index is 13.0. The second-order valence-corrected chi connectivity index (χ2v) is 10.3. The number of anilines is 1. The fourth-order valence-corrected chi connectivity index (χ4v) is 4.08. The average molecular weight is 487 g/mol. The number of nitrogens with one attached hydrogen (secondary N) is 1. The van der Waals surface area contributed by atoms with Crippen molar-refractivity contribution in [3.63, 3.8) is 0 Å². The van der Waals surface area contributed by atoms with Gasteiger partial charge in [0.1, 0.15) is 22.3 Å². The van der Waals surface area contributed by atoms with Gasteiger partial charge in [-0.15, -0.1) is 0 Å². The van der Waals surface area contributed by atoms with E-state index in [0.717, 1.165) is 13.4 Å². The predicted molar refractivity (Wildman–Crippen MR) is 94.7 cm³/mol. The maximum atomic E-state index is 13.0. The van der Waals surface area contributed by atoms with E-state index < -0.39 is 58.1 Å². The Morgan fingerprint density at radius 2 is 1.71 bits per heavy atom. The standard InChI is InChI=1S/C12H9Cl2F5N4O3S2/c1-26-12-10(22-27(2,24)25)9(5-20)21-23(12)11-7(13)3-6(4-8(11)14)28(15,16,17,18)19/h3-4,22H,1-2H3. The molecule has 0 fully saturated rings. The number of rotatable bonds is 5. The van der Waals surface area contributed by atoms with Gasteiger partial charge in [-0.3, -0.25) is 4.72 Å². The lowest BCUT2D eigenvalue weighted by Crippen LogP contribution is -2.11. The van der Waals surface area contributed by atoms with Crippen LogP contribution in [0, 0.1) is 11.3 Å². The van der Waals surface area contributed by atoms with Crippen molar-refractivity contribution in [3.05, 3.63) is 27.9 Å². The topological polar surface area (TPSA) is 97.0 Å². The highest BCUT2D eigenvalue weighted by Crippen LogP contribution is 3.02. The molecule has 7 nitrogen and oxygen atoms in total. The SMILES string of the molecule is COc1c(NS(C)(=O)=O)c(C#N)nn1-c1c(Cl)cc(S(F)(F)(F)(F)F)cc1Cl. The summed E-state index contributed by atoms with van der Waals surface area (Å²) >= 11 is 11.5. The van der Waals surface area contributed by atoms with Crippen LogP contribution in [-0.4, -0.2) is 31.6 Å². The fourth-order valence-electron chi connectivity index (χ4n) is 2.07. The first-order valence-electron chi connectivity index (χ1n) is 6.66. The summed E-state index contributed by atoms with van der Waals surface area (Å²) in [7, 11) is -13.0. The van der Waals surface area contributed by atoms with E-state index >= 15 is 0 Å². The van der Waals surface area contributed by atoms with E-state index in [4.69, 9.17) is 33.2 Å². The van der Waals surface area contributed by atoms with Crippen LogP contribution >= 0.6 is 33.4 Å². The van der Waals surface area contributed by atoms with Gasteiger partial charge < -0.3 is 4.74 Å². The van der Waals surface area contributed by atoms with Crippen LogP contribution in [0.4, 0.5) is 25.1 Å². The third-order valence-electron chi connectivity index (χ3n) is 3.08. The number of sulfonamides is 1. The molecule has 16 heteroatoms. The molecule has 0 aliphatic carbocycles. The Kier molecular flexibility index (Phi) is 4.80. The van der Waals surface area contributed by atoms with Crippen LogP contribution in [0.2, 0.25) is 10.0 Å². The highest BCUT2D eigenvalue weighted by molar-refractivity contribution is 8.45. The minimum absolute atomic E-state index is 0.0544. The van der Waals surface area contributed by atoms with E-state index in [9.17, 15) is 27.8 Å². The van der Waals surface area contributed by atoms with Gasteiger partial charge in [-0.2, -0.15) is 15.0 Å². The van der Waals surface area contributed by atoms with Crippen molar-refractivity contribution in [2.45, 2.75) is 4.90 Å². The predicted octanol–water partition coefficient (Wildman–Crippen LogP) is 5.09. The molecule has 0 radical (unpaired) electrons. The molecule has 0 bridgehead atoms. The van der Waals surface area contributed by atoms with Gasteiger partial charge in [0.05, 0.1) is 23.4 Å². The van der Waals surface area contributed by atoms with Crippen LogP contribution in [0.5, 0.6) is 5.88 Å². The lowest BCUT2D eigenvalue weighted by molar-refractivity contribution is 0.364. The Labute approximate surface area is 165 Å². The molecule has 1 aromatic carbocycles. The van der Waals surface area contributed by atoms with Crippen LogP contribution in [0.25, 0.3) is 5.69 Å². The molecule has 0 saturated heterocycles. The largest absolute Gasteiger partial charge is 0.479 e. The van der Waals surface area contributed by atoms with Crippen molar-refractivity contribution in [2.24, 2.45) is 0 Å². The van der Waals surface area contributed by atoms with E-state index in [-0.39, 0.29) is 12.1 Å². The van der Waals surface area contributed by atoms with E-state index in [0.29, 0.717) is 4.68 Å². The Morgan fingerprint density at radius 3 is 2.07 bits per heavy atom. The molecule has 156 valence electrons. The Balaban J connectivity index is 2.82. The van der Waals surface area contributed by atoms with Crippen molar-refractivity contribution < 1.29 is 32.6 Å². The average Bonchev–Trinajstić information content (AvgIpc) is 2.79. The van der Waals surface area contributed by atoms with Crippen molar-refractivity contribution in [2.75, 3.05) is 18.1 Å². The Hall–Kier alpha value is -1.95. The summed E-state index contributed by atoms with van der Waals surface area (Å²) in [5, 5.41) is 11.0. The number of ether oxygens (including phenoxy) is 1.